The molecule has 0 amide bonds. The third-order valence-corrected chi connectivity index (χ3v) is 6.20. The van der Waals surface area contributed by atoms with Crippen molar-refractivity contribution in [1.82, 2.24) is 30.0 Å². The van der Waals surface area contributed by atoms with Crippen molar-refractivity contribution in [3.05, 3.63) is 47.5 Å². The van der Waals surface area contributed by atoms with Crippen molar-refractivity contribution in [2.24, 2.45) is 0 Å². The zero-order valence-electron chi connectivity index (χ0n) is 18.0. The third-order valence-electron chi connectivity index (χ3n) is 5.33. The van der Waals surface area contributed by atoms with E-state index in [2.05, 4.69) is 54.7 Å². The van der Waals surface area contributed by atoms with Gasteiger partial charge in [-0.05, 0) is 50.3 Å². The summed E-state index contributed by atoms with van der Waals surface area (Å²) in [5, 5.41) is 12.6. The van der Waals surface area contributed by atoms with Crippen molar-refractivity contribution in [3.63, 3.8) is 0 Å². The number of hydrogen-bond donors (Lipinski definition) is 2. The highest BCUT2D eigenvalue weighted by Gasteiger charge is 2.48. The summed E-state index contributed by atoms with van der Waals surface area (Å²) < 4.78 is 11.2. The summed E-state index contributed by atoms with van der Waals surface area (Å²) in [6, 6.07) is 0. The molecule has 160 valence electrons. The number of aryl methyl sites for hydroxylation is 1. The van der Waals surface area contributed by atoms with Crippen molar-refractivity contribution in [2.75, 3.05) is 25.0 Å². The van der Waals surface area contributed by atoms with Crippen molar-refractivity contribution in [1.29, 1.82) is 0 Å². The maximum atomic E-state index is 5.55. The van der Waals surface area contributed by atoms with E-state index in [9.17, 15) is 0 Å². The summed E-state index contributed by atoms with van der Waals surface area (Å²) in [5.74, 6) is 2.48. The molecule has 1 saturated carbocycles. The van der Waals surface area contributed by atoms with Crippen LogP contribution in [-0.4, -0.2) is 50.2 Å². The summed E-state index contributed by atoms with van der Waals surface area (Å²) in [4.78, 5) is 8.83. The van der Waals surface area contributed by atoms with Gasteiger partial charge in [0.15, 0.2) is 5.82 Å². The van der Waals surface area contributed by atoms with Gasteiger partial charge in [-0.3, -0.25) is 9.29 Å². The molecule has 0 spiro atoms. The molecule has 4 rings (SSSR count). The van der Waals surface area contributed by atoms with Crippen LogP contribution in [0.5, 0.6) is 0 Å². The van der Waals surface area contributed by atoms with Gasteiger partial charge in [0.25, 0.3) is 0 Å². The van der Waals surface area contributed by atoms with Gasteiger partial charge < -0.3 is 10.1 Å². The topological polar surface area (TPSA) is 89.8 Å². The first-order valence-electron chi connectivity index (χ1n) is 10.3. The molecule has 1 aliphatic heterocycles. The number of methoxy groups -OCH3 is 1. The highest BCUT2D eigenvalue weighted by molar-refractivity contribution is 8.01. The van der Waals surface area contributed by atoms with E-state index in [-0.39, 0.29) is 10.8 Å². The van der Waals surface area contributed by atoms with Gasteiger partial charge in [0.05, 0.1) is 12.1 Å². The fraction of sp³-hybridized carbons (Fsp3) is 0.524. The number of allylic oxidation sites excluding steroid dienone is 2. The fourth-order valence-electron chi connectivity index (χ4n) is 3.62. The fourth-order valence-corrected chi connectivity index (χ4v) is 4.29. The third kappa shape index (κ3) is 4.52. The smallest absolute Gasteiger partial charge is 0.235 e. The minimum Gasteiger partial charge on any atom is -0.387 e. The number of nitrogens with zero attached hydrogens (tertiary/aromatic N) is 5. The number of rotatable bonds is 9. The van der Waals surface area contributed by atoms with Gasteiger partial charge >= 0.3 is 0 Å². The van der Waals surface area contributed by atoms with Crippen LogP contribution in [-0.2, 0) is 16.7 Å². The first kappa shape index (κ1) is 20.9. The number of aromatic nitrogens is 5. The Kier molecular flexibility index (Phi) is 6.10. The standard InChI is InChI=1S/C21H29N7OS/c1-14-7-17(12-22-9-14)19-25-26-20(28(19)21(5-6-21)13-29-4)27-30-16(3)8-18-23-10-15(2)11-24-18/h7,10-12,16,22H,5-6,8-9,13H2,1-4H3,(H,26,27). The quantitative estimate of drug-likeness (QED) is 0.590. The predicted molar refractivity (Wildman–Crippen MR) is 120 cm³/mol. The summed E-state index contributed by atoms with van der Waals surface area (Å²) in [6.45, 7) is 7.78. The van der Waals surface area contributed by atoms with Crippen LogP contribution in [0, 0.1) is 6.92 Å². The molecule has 2 aromatic rings. The lowest BCUT2D eigenvalue weighted by molar-refractivity contribution is 0.144. The lowest BCUT2D eigenvalue weighted by Crippen LogP contribution is -2.27. The van der Waals surface area contributed by atoms with Crippen LogP contribution in [0.25, 0.3) is 5.57 Å². The van der Waals surface area contributed by atoms with E-state index in [1.807, 2.05) is 25.5 Å². The first-order chi connectivity index (χ1) is 14.5. The summed E-state index contributed by atoms with van der Waals surface area (Å²) >= 11 is 1.62. The first-order valence-corrected chi connectivity index (χ1v) is 11.1. The van der Waals surface area contributed by atoms with Gasteiger partial charge in [0.1, 0.15) is 5.82 Å². The molecular formula is C21H29N7OS. The van der Waals surface area contributed by atoms with E-state index in [1.54, 1.807) is 19.1 Å². The van der Waals surface area contributed by atoms with E-state index >= 15 is 0 Å². The Morgan fingerprint density at radius 1 is 1.27 bits per heavy atom. The number of hydrogen-bond acceptors (Lipinski definition) is 8. The van der Waals surface area contributed by atoms with Gasteiger partial charge in [0.2, 0.25) is 5.95 Å². The molecule has 1 aliphatic carbocycles. The van der Waals surface area contributed by atoms with Crippen molar-refractivity contribution in [2.45, 2.75) is 50.8 Å². The average molecular weight is 428 g/mol. The van der Waals surface area contributed by atoms with Crippen molar-refractivity contribution < 1.29 is 4.74 Å². The van der Waals surface area contributed by atoms with Crippen LogP contribution in [0.4, 0.5) is 5.95 Å². The Morgan fingerprint density at radius 2 is 2.03 bits per heavy atom. The van der Waals surface area contributed by atoms with Gasteiger partial charge in [-0.25, -0.2) is 9.97 Å². The molecule has 2 aromatic heterocycles. The number of dihydropyridines is 1. The van der Waals surface area contributed by atoms with Crippen LogP contribution < -0.4 is 10.0 Å². The van der Waals surface area contributed by atoms with Gasteiger partial charge in [-0.1, -0.05) is 12.5 Å². The Labute approximate surface area is 181 Å². The maximum absolute atomic E-state index is 5.55. The van der Waals surface area contributed by atoms with E-state index < -0.39 is 0 Å². The summed E-state index contributed by atoms with van der Waals surface area (Å²) in [6.07, 6.45) is 10.8. The van der Waals surface area contributed by atoms with E-state index in [4.69, 9.17) is 4.74 Å². The Bertz CT molecular complexity index is 947. The molecule has 0 radical (unpaired) electrons. The normalized spacial score (nSPS) is 18.3. The van der Waals surface area contributed by atoms with E-state index in [1.165, 1.54) is 5.57 Å². The molecular weight excluding hydrogens is 398 g/mol. The van der Waals surface area contributed by atoms with Crippen LogP contribution in [0.2, 0.25) is 0 Å². The largest absolute Gasteiger partial charge is 0.387 e. The lowest BCUT2D eigenvalue weighted by atomic mass is 10.1. The van der Waals surface area contributed by atoms with Crippen LogP contribution >= 0.6 is 11.9 Å². The summed E-state index contributed by atoms with van der Waals surface area (Å²) in [7, 11) is 1.75. The zero-order valence-corrected chi connectivity index (χ0v) is 18.8. The second kappa shape index (κ2) is 8.77. The van der Waals surface area contributed by atoms with Gasteiger partial charge in [-0.15, -0.1) is 10.2 Å². The zero-order chi connectivity index (χ0) is 21.1. The van der Waals surface area contributed by atoms with E-state index in [0.29, 0.717) is 6.61 Å². The van der Waals surface area contributed by atoms with Crippen molar-refractivity contribution >= 4 is 23.5 Å². The molecule has 3 heterocycles. The SMILES string of the molecule is COCC1(n2c(NSC(C)Cc3ncc(C)cn3)nnc2C2=CNCC(C)=C2)CC1. The summed E-state index contributed by atoms with van der Waals surface area (Å²) in [5.41, 5.74) is 3.31. The minimum absolute atomic E-state index is 0.0835. The van der Waals surface area contributed by atoms with Gasteiger partial charge in [-0.2, -0.15) is 0 Å². The lowest BCUT2D eigenvalue weighted by Gasteiger charge is -2.22. The highest BCUT2D eigenvalue weighted by Crippen LogP contribution is 2.47. The number of anilines is 1. The van der Waals surface area contributed by atoms with Crippen LogP contribution in [0.15, 0.2) is 30.2 Å². The van der Waals surface area contributed by atoms with Crippen molar-refractivity contribution in [3.8, 4) is 0 Å². The molecule has 1 unspecified atom stereocenters. The van der Waals surface area contributed by atoms with Crippen LogP contribution in [0.3, 0.4) is 0 Å². The molecule has 1 atom stereocenters. The molecule has 30 heavy (non-hydrogen) atoms. The second-order valence-corrected chi connectivity index (χ2v) is 9.47. The second-order valence-electron chi connectivity index (χ2n) is 8.22. The van der Waals surface area contributed by atoms with E-state index in [0.717, 1.165) is 54.5 Å². The average Bonchev–Trinajstić information content (AvgIpc) is 3.37. The molecule has 9 heteroatoms. The Morgan fingerprint density at radius 3 is 2.70 bits per heavy atom. The molecule has 0 saturated heterocycles. The molecule has 0 aromatic carbocycles. The monoisotopic (exact) mass is 427 g/mol. The Balaban J connectivity index is 1.53. The highest BCUT2D eigenvalue weighted by atomic mass is 32.2. The molecule has 1 fully saturated rings. The maximum Gasteiger partial charge on any atom is 0.235 e. The molecule has 0 bridgehead atoms. The number of ether oxygens (including phenoxy) is 1. The predicted octanol–water partition coefficient (Wildman–Crippen LogP) is 3.09. The van der Waals surface area contributed by atoms with Crippen LogP contribution in [0.1, 0.15) is 43.9 Å². The minimum atomic E-state index is -0.0835. The molecule has 2 aliphatic rings. The molecule has 2 N–H and O–H groups in total. The number of nitrogens with one attached hydrogen (secondary N) is 2. The molecule has 8 nitrogen and oxygen atoms in total. The Hall–Kier alpha value is -2.39. The van der Waals surface area contributed by atoms with Gasteiger partial charge in [0, 0.05) is 49.5 Å².